The Morgan fingerprint density at radius 1 is 1.21 bits per heavy atom. The molecule has 84 valence electrons. The predicted molar refractivity (Wildman–Crippen MR) is 60.3 cm³/mol. The van der Waals surface area contributed by atoms with Crippen molar-refractivity contribution in [1.82, 2.24) is 10.6 Å². The van der Waals surface area contributed by atoms with Crippen molar-refractivity contribution in [2.75, 3.05) is 13.6 Å². The van der Waals surface area contributed by atoms with Crippen LogP contribution < -0.4 is 10.6 Å². The first kappa shape index (κ1) is 13.4. The monoisotopic (exact) mass is 200 g/mol. The van der Waals surface area contributed by atoms with E-state index in [9.17, 15) is 4.79 Å². The van der Waals surface area contributed by atoms with Crippen LogP contribution in [0.2, 0.25) is 0 Å². The number of hydrogen-bond acceptors (Lipinski definition) is 2. The molecule has 0 aromatic heterocycles. The van der Waals surface area contributed by atoms with Crippen molar-refractivity contribution in [3.63, 3.8) is 0 Å². The maximum atomic E-state index is 11.6. The van der Waals surface area contributed by atoms with E-state index < -0.39 is 5.54 Å². The summed E-state index contributed by atoms with van der Waals surface area (Å²) in [5.74, 6) is 0.0801. The van der Waals surface area contributed by atoms with E-state index in [-0.39, 0.29) is 5.91 Å². The van der Waals surface area contributed by atoms with E-state index >= 15 is 0 Å². The minimum atomic E-state index is -0.454. The molecule has 14 heavy (non-hydrogen) atoms. The molecule has 1 amide bonds. The summed E-state index contributed by atoms with van der Waals surface area (Å²) >= 11 is 0. The number of carbonyl (C=O) groups is 1. The average Bonchev–Trinajstić information content (AvgIpc) is 2.17. The molecule has 0 atom stereocenters. The van der Waals surface area contributed by atoms with Crippen molar-refractivity contribution in [1.29, 1.82) is 0 Å². The van der Waals surface area contributed by atoms with Gasteiger partial charge in [0, 0.05) is 6.54 Å². The van der Waals surface area contributed by atoms with Crippen LogP contribution >= 0.6 is 0 Å². The van der Waals surface area contributed by atoms with Crippen LogP contribution in [-0.4, -0.2) is 25.0 Å². The summed E-state index contributed by atoms with van der Waals surface area (Å²) < 4.78 is 0. The molecule has 2 N–H and O–H groups in total. The quantitative estimate of drug-likeness (QED) is 0.614. The average molecular weight is 200 g/mol. The van der Waals surface area contributed by atoms with E-state index in [0.29, 0.717) is 0 Å². The van der Waals surface area contributed by atoms with Gasteiger partial charge in [-0.1, -0.05) is 26.2 Å². The molecule has 0 aliphatic heterocycles. The third-order valence-corrected chi connectivity index (χ3v) is 2.51. The number of unbranched alkanes of at least 4 members (excludes halogenated alkanes) is 3. The van der Waals surface area contributed by atoms with Crippen molar-refractivity contribution in [2.24, 2.45) is 0 Å². The summed E-state index contributed by atoms with van der Waals surface area (Å²) in [5, 5.41) is 5.91. The molecule has 0 spiro atoms. The molecule has 3 heteroatoms. The lowest BCUT2D eigenvalue weighted by molar-refractivity contribution is -0.126. The Morgan fingerprint density at radius 2 is 1.86 bits per heavy atom. The SMILES string of the molecule is CCCCCCNC(=O)C(C)(C)NC. The molecule has 0 aliphatic rings. The highest BCUT2D eigenvalue weighted by atomic mass is 16.2. The van der Waals surface area contributed by atoms with Crippen LogP contribution in [0.25, 0.3) is 0 Å². The summed E-state index contributed by atoms with van der Waals surface area (Å²) in [5.41, 5.74) is -0.454. The summed E-state index contributed by atoms with van der Waals surface area (Å²) in [6, 6.07) is 0. The van der Waals surface area contributed by atoms with Gasteiger partial charge in [0.15, 0.2) is 0 Å². The van der Waals surface area contributed by atoms with Crippen LogP contribution in [-0.2, 0) is 4.79 Å². The van der Waals surface area contributed by atoms with E-state index in [1.165, 1.54) is 19.3 Å². The standard InChI is InChI=1S/C11H24N2O/c1-5-6-7-8-9-13-10(14)11(2,3)12-4/h12H,5-9H2,1-4H3,(H,13,14). The second kappa shape index (κ2) is 6.82. The molecule has 0 aromatic rings. The van der Waals surface area contributed by atoms with Crippen molar-refractivity contribution in [2.45, 2.75) is 52.0 Å². The Balaban J connectivity index is 3.54. The Labute approximate surface area is 87.6 Å². The van der Waals surface area contributed by atoms with Crippen molar-refractivity contribution < 1.29 is 4.79 Å². The summed E-state index contributed by atoms with van der Waals surface area (Å²) in [7, 11) is 1.80. The van der Waals surface area contributed by atoms with E-state index in [4.69, 9.17) is 0 Å². The van der Waals surface area contributed by atoms with Crippen molar-refractivity contribution in [3.8, 4) is 0 Å². The number of amides is 1. The maximum absolute atomic E-state index is 11.6. The first-order chi connectivity index (χ1) is 6.54. The number of nitrogens with one attached hydrogen (secondary N) is 2. The molecule has 0 aromatic carbocycles. The topological polar surface area (TPSA) is 41.1 Å². The van der Waals surface area contributed by atoms with E-state index in [2.05, 4.69) is 17.6 Å². The van der Waals surface area contributed by atoms with Gasteiger partial charge >= 0.3 is 0 Å². The van der Waals surface area contributed by atoms with Gasteiger partial charge in [0.2, 0.25) is 5.91 Å². The molecular weight excluding hydrogens is 176 g/mol. The Kier molecular flexibility index (Phi) is 6.54. The molecule has 0 bridgehead atoms. The number of carbonyl (C=O) groups excluding carboxylic acids is 1. The smallest absolute Gasteiger partial charge is 0.239 e. The van der Waals surface area contributed by atoms with Gasteiger partial charge in [-0.15, -0.1) is 0 Å². The zero-order chi connectivity index (χ0) is 11.0. The van der Waals surface area contributed by atoms with Crippen LogP contribution in [0.4, 0.5) is 0 Å². The lowest BCUT2D eigenvalue weighted by Gasteiger charge is -2.22. The van der Waals surface area contributed by atoms with Crippen molar-refractivity contribution >= 4 is 5.91 Å². The van der Waals surface area contributed by atoms with Crippen molar-refractivity contribution in [3.05, 3.63) is 0 Å². The van der Waals surface area contributed by atoms with Gasteiger partial charge in [-0.05, 0) is 27.3 Å². The largest absolute Gasteiger partial charge is 0.355 e. The van der Waals surface area contributed by atoms with E-state index in [1.54, 1.807) is 7.05 Å². The summed E-state index contributed by atoms with van der Waals surface area (Å²) in [6.45, 7) is 6.75. The molecular formula is C11H24N2O. The highest BCUT2D eigenvalue weighted by Gasteiger charge is 2.24. The third-order valence-electron chi connectivity index (χ3n) is 2.51. The minimum absolute atomic E-state index is 0.0801. The van der Waals surface area contributed by atoms with Crippen LogP contribution in [0.3, 0.4) is 0 Å². The van der Waals surface area contributed by atoms with E-state index in [0.717, 1.165) is 13.0 Å². The first-order valence-electron chi connectivity index (χ1n) is 5.51. The van der Waals surface area contributed by atoms with Crippen LogP contribution in [0.15, 0.2) is 0 Å². The Bertz CT molecular complexity index is 167. The second-order valence-electron chi connectivity index (χ2n) is 4.19. The summed E-state index contributed by atoms with van der Waals surface area (Å²) in [4.78, 5) is 11.6. The van der Waals surface area contributed by atoms with Gasteiger partial charge in [0.1, 0.15) is 0 Å². The fourth-order valence-electron chi connectivity index (χ4n) is 1.09. The highest BCUT2D eigenvalue weighted by molar-refractivity contribution is 5.85. The number of hydrogen-bond donors (Lipinski definition) is 2. The van der Waals surface area contributed by atoms with Gasteiger partial charge in [-0.25, -0.2) is 0 Å². The third kappa shape index (κ3) is 5.22. The highest BCUT2D eigenvalue weighted by Crippen LogP contribution is 2.01. The van der Waals surface area contributed by atoms with Gasteiger partial charge in [-0.3, -0.25) is 4.79 Å². The fraction of sp³-hybridized carbons (Fsp3) is 0.909. The maximum Gasteiger partial charge on any atom is 0.239 e. The number of rotatable bonds is 7. The molecule has 3 nitrogen and oxygen atoms in total. The zero-order valence-corrected chi connectivity index (χ0v) is 9.94. The van der Waals surface area contributed by atoms with Gasteiger partial charge < -0.3 is 10.6 Å². The molecule has 0 fully saturated rings. The molecule has 0 radical (unpaired) electrons. The molecule has 0 unspecified atom stereocenters. The minimum Gasteiger partial charge on any atom is -0.355 e. The Morgan fingerprint density at radius 3 is 2.36 bits per heavy atom. The molecule has 0 aliphatic carbocycles. The van der Waals surface area contributed by atoms with Gasteiger partial charge in [-0.2, -0.15) is 0 Å². The second-order valence-corrected chi connectivity index (χ2v) is 4.19. The van der Waals surface area contributed by atoms with E-state index in [1.807, 2.05) is 13.8 Å². The molecule has 0 heterocycles. The Hall–Kier alpha value is -0.570. The first-order valence-corrected chi connectivity index (χ1v) is 5.51. The van der Waals surface area contributed by atoms with Crippen LogP contribution in [0.5, 0.6) is 0 Å². The lowest BCUT2D eigenvalue weighted by atomic mass is 10.1. The number of likely N-dealkylation sites (N-methyl/N-ethyl adjacent to an activating group) is 1. The molecule has 0 rings (SSSR count). The van der Waals surface area contributed by atoms with Crippen LogP contribution in [0.1, 0.15) is 46.5 Å². The molecule has 0 saturated carbocycles. The van der Waals surface area contributed by atoms with Crippen LogP contribution in [0, 0.1) is 0 Å². The zero-order valence-electron chi connectivity index (χ0n) is 9.94. The predicted octanol–water partition coefficient (Wildman–Crippen LogP) is 1.68. The lowest BCUT2D eigenvalue weighted by Crippen LogP contribution is -2.51. The normalized spacial score (nSPS) is 11.4. The molecule has 0 saturated heterocycles. The fourth-order valence-corrected chi connectivity index (χ4v) is 1.09. The van der Waals surface area contributed by atoms with Gasteiger partial charge in [0.25, 0.3) is 0 Å². The summed E-state index contributed by atoms with van der Waals surface area (Å²) in [6.07, 6.45) is 4.78. The van der Waals surface area contributed by atoms with Gasteiger partial charge in [0.05, 0.1) is 5.54 Å².